The summed E-state index contributed by atoms with van der Waals surface area (Å²) in [5, 5.41) is 2.81. The van der Waals surface area contributed by atoms with Gasteiger partial charge in [-0.25, -0.2) is 13.2 Å². The number of amides is 3. The van der Waals surface area contributed by atoms with Crippen LogP contribution in [0, 0.1) is 5.92 Å². The summed E-state index contributed by atoms with van der Waals surface area (Å²) in [4.78, 5) is 28.3. The molecule has 2 heterocycles. The minimum absolute atomic E-state index is 0.0600. The van der Waals surface area contributed by atoms with Gasteiger partial charge in [-0.15, -0.1) is 0 Å². The standard InChI is InChI=1S/C17H23N3O4S/c1-12(2)16(21)19-8-9-20(15-11-25(23,24)10-14(15)19)17(22)18-13-6-4-3-5-7-13/h3-7,12,14-15H,8-11H2,1-2H3,(H,18,22)/t14-,15+/m1/s1. The fourth-order valence-corrected chi connectivity index (χ4v) is 5.51. The highest BCUT2D eigenvalue weighted by atomic mass is 32.2. The SMILES string of the molecule is CC(C)C(=O)N1CCN(C(=O)Nc2ccccc2)[C@H]2CS(=O)(=O)C[C@H]21. The Hall–Kier alpha value is -2.09. The number of para-hydroxylation sites is 1. The van der Waals surface area contributed by atoms with Gasteiger partial charge >= 0.3 is 6.03 Å². The Bertz CT molecular complexity index is 763. The van der Waals surface area contributed by atoms with E-state index >= 15 is 0 Å². The largest absolute Gasteiger partial charge is 0.335 e. The van der Waals surface area contributed by atoms with Gasteiger partial charge in [-0.05, 0) is 12.1 Å². The smallest absolute Gasteiger partial charge is 0.322 e. The first-order chi connectivity index (χ1) is 11.8. The summed E-state index contributed by atoms with van der Waals surface area (Å²) in [6.07, 6.45) is 0. The number of anilines is 1. The molecule has 3 amide bonds. The fourth-order valence-electron chi connectivity index (χ4n) is 3.53. The van der Waals surface area contributed by atoms with Gasteiger partial charge in [-0.1, -0.05) is 32.0 Å². The first kappa shape index (κ1) is 17.7. The summed E-state index contributed by atoms with van der Waals surface area (Å²) in [5.41, 5.74) is 0.658. The third kappa shape index (κ3) is 3.63. The molecule has 0 saturated carbocycles. The van der Waals surface area contributed by atoms with Gasteiger partial charge in [0.1, 0.15) is 0 Å². The molecule has 3 rings (SSSR count). The monoisotopic (exact) mass is 365 g/mol. The summed E-state index contributed by atoms with van der Waals surface area (Å²) >= 11 is 0. The Balaban J connectivity index is 1.81. The average Bonchev–Trinajstić information content (AvgIpc) is 2.88. The molecular formula is C17H23N3O4S. The molecule has 2 atom stereocenters. The van der Waals surface area contributed by atoms with Gasteiger partial charge in [0, 0.05) is 24.7 Å². The summed E-state index contributed by atoms with van der Waals surface area (Å²) in [6, 6.07) is 7.76. The molecule has 2 aliphatic heterocycles. The zero-order valence-electron chi connectivity index (χ0n) is 14.4. The van der Waals surface area contributed by atoms with E-state index in [2.05, 4.69) is 5.32 Å². The van der Waals surface area contributed by atoms with Crippen molar-refractivity contribution in [2.24, 2.45) is 5.92 Å². The number of piperazine rings is 1. The predicted molar refractivity (Wildman–Crippen MR) is 94.9 cm³/mol. The zero-order chi connectivity index (χ0) is 18.2. The summed E-state index contributed by atoms with van der Waals surface area (Å²) in [5.74, 6) is -0.434. The van der Waals surface area contributed by atoms with Gasteiger partial charge < -0.3 is 15.1 Å². The number of nitrogens with one attached hydrogen (secondary N) is 1. The zero-order valence-corrected chi connectivity index (χ0v) is 15.2. The first-order valence-electron chi connectivity index (χ1n) is 8.42. The van der Waals surface area contributed by atoms with Crippen LogP contribution in [-0.2, 0) is 14.6 Å². The maximum atomic E-state index is 12.6. The van der Waals surface area contributed by atoms with Crippen molar-refractivity contribution >= 4 is 27.5 Å². The average molecular weight is 365 g/mol. The number of carbonyl (C=O) groups excluding carboxylic acids is 2. The molecule has 0 radical (unpaired) electrons. The van der Waals surface area contributed by atoms with Crippen molar-refractivity contribution in [1.82, 2.24) is 9.80 Å². The third-order valence-corrected chi connectivity index (χ3v) is 6.44. The Morgan fingerprint density at radius 3 is 2.20 bits per heavy atom. The molecule has 2 fully saturated rings. The summed E-state index contributed by atoms with van der Waals surface area (Å²) < 4.78 is 24.3. The summed E-state index contributed by atoms with van der Waals surface area (Å²) in [7, 11) is -3.28. The minimum Gasteiger partial charge on any atom is -0.335 e. The lowest BCUT2D eigenvalue weighted by Crippen LogP contribution is -2.63. The van der Waals surface area contributed by atoms with Crippen molar-refractivity contribution in [3.8, 4) is 0 Å². The van der Waals surface area contributed by atoms with Gasteiger partial charge in [-0.3, -0.25) is 4.79 Å². The number of urea groups is 1. The first-order valence-corrected chi connectivity index (χ1v) is 10.2. The van der Waals surface area contributed by atoms with E-state index in [0.29, 0.717) is 18.8 Å². The number of sulfone groups is 1. The van der Waals surface area contributed by atoms with Crippen molar-refractivity contribution in [3.05, 3.63) is 30.3 Å². The molecule has 0 aliphatic carbocycles. The number of benzene rings is 1. The van der Waals surface area contributed by atoms with Crippen molar-refractivity contribution < 1.29 is 18.0 Å². The molecule has 1 aromatic carbocycles. The van der Waals surface area contributed by atoms with Gasteiger partial charge in [0.25, 0.3) is 0 Å². The van der Waals surface area contributed by atoms with Crippen molar-refractivity contribution in [2.45, 2.75) is 25.9 Å². The predicted octanol–water partition coefficient (Wildman–Crippen LogP) is 1.18. The lowest BCUT2D eigenvalue weighted by Gasteiger charge is -2.44. The lowest BCUT2D eigenvalue weighted by molar-refractivity contribution is -0.139. The number of carbonyl (C=O) groups is 2. The molecule has 8 heteroatoms. The van der Waals surface area contributed by atoms with E-state index in [1.54, 1.807) is 35.8 Å². The van der Waals surface area contributed by atoms with E-state index in [9.17, 15) is 18.0 Å². The number of rotatable bonds is 2. The molecule has 7 nitrogen and oxygen atoms in total. The normalized spacial score (nSPS) is 24.9. The summed E-state index contributed by atoms with van der Waals surface area (Å²) in [6.45, 7) is 4.29. The van der Waals surface area contributed by atoms with Gasteiger partial charge in [0.2, 0.25) is 5.91 Å². The second-order valence-electron chi connectivity index (χ2n) is 6.89. The maximum Gasteiger partial charge on any atom is 0.322 e. The van der Waals surface area contributed by atoms with Crippen LogP contribution in [0.25, 0.3) is 0 Å². The molecular weight excluding hydrogens is 342 g/mol. The number of hydrogen-bond donors (Lipinski definition) is 1. The lowest BCUT2D eigenvalue weighted by atomic mass is 10.0. The highest BCUT2D eigenvalue weighted by Crippen LogP contribution is 2.28. The van der Waals surface area contributed by atoms with E-state index in [0.717, 1.165) is 0 Å². The fraction of sp³-hybridized carbons (Fsp3) is 0.529. The Kier molecular flexibility index (Phi) is 4.73. The highest BCUT2D eigenvalue weighted by Gasteiger charge is 2.49. The van der Waals surface area contributed by atoms with E-state index in [1.165, 1.54) is 0 Å². The second kappa shape index (κ2) is 6.67. The third-order valence-electron chi connectivity index (χ3n) is 4.74. The minimum atomic E-state index is -3.28. The van der Waals surface area contributed by atoms with E-state index in [4.69, 9.17) is 0 Å². The van der Waals surface area contributed by atoms with Gasteiger partial charge in [0.05, 0.1) is 23.6 Å². The van der Waals surface area contributed by atoms with Crippen LogP contribution in [0.3, 0.4) is 0 Å². The van der Waals surface area contributed by atoms with Crippen LogP contribution >= 0.6 is 0 Å². The number of hydrogen-bond acceptors (Lipinski definition) is 4. The van der Waals surface area contributed by atoms with Gasteiger partial charge in [-0.2, -0.15) is 0 Å². The Labute approximate surface area is 147 Å². The molecule has 1 aromatic rings. The molecule has 0 unspecified atom stereocenters. The maximum absolute atomic E-state index is 12.6. The number of nitrogens with zero attached hydrogens (tertiary/aromatic N) is 2. The Morgan fingerprint density at radius 2 is 1.60 bits per heavy atom. The van der Waals surface area contributed by atoms with Crippen molar-refractivity contribution in [1.29, 1.82) is 0 Å². The van der Waals surface area contributed by atoms with E-state index in [1.807, 2.05) is 18.2 Å². The molecule has 1 N–H and O–H groups in total. The molecule has 25 heavy (non-hydrogen) atoms. The van der Waals surface area contributed by atoms with Crippen molar-refractivity contribution in [3.63, 3.8) is 0 Å². The van der Waals surface area contributed by atoms with Crippen LogP contribution in [0.5, 0.6) is 0 Å². The molecule has 0 spiro atoms. The van der Waals surface area contributed by atoms with Crippen LogP contribution in [0.2, 0.25) is 0 Å². The van der Waals surface area contributed by atoms with E-state index < -0.39 is 21.9 Å². The number of fused-ring (bicyclic) bond motifs is 1. The quantitative estimate of drug-likeness (QED) is 0.853. The molecule has 136 valence electrons. The van der Waals surface area contributed by atoms with Crippen LogP contribution < -0.4 is 5.32 Å². The topological polar surface area (TPSA) is 86.8 Å². The van der Waals surface area contributed by atoms with Gasteiger partial charge in [0.15, 0.2) is 9.84 Å². The van der Waals surface area contributed by atoms with Crippen LogP contribution in [0.15, 0.2) is 30.3 Å². The highest BCUT2D eigenvalue weighted by molar-refractivity contribution is 7.91. The van der Waals surface area contributed by atoms with Crippen LogP contribution in [0.4, 0.5) is 10.5 Å². The van der Waals surface area contributed by atoms with E-state index in [-0.39, 0.29) is 29.4 Å². The molecule has 0 bridgehead atoms. The molecule has 2 aliphatic rings. The molecule has 2 saturated heterocycles. The second-order valence-corrected chi connectivity index (χ2v) is 9.04. The molecule has 0 aromatic heterocycles. The Morgan fingerprint density at radius 1 is 1.04 bits per heavy atom. The van der Waals surface area contributed by atoms with Crippen LogP contribution in [-0.4, -0.2) is 66.8 Å². The van der Waals surface area contributed by atoms with Crippen LogP contribution in [0.1, 0.15) is 13.8 Å². The van der Waals surface area contributed by atoms with Crippen molar-refractivity contribution in [2.75, 3.05) is 29.9 Å².